The summed E-state index contributed by atoms with van der Waals surface area (Å²) in [6, 6.07) is 1.82. The summed E-state index contributed by atoms with van der Waals surface area (Å²) in [7, 11) is 0. The van der Waals surface area contributed by atoms with Gasteiger partial charge in [0.1, 0.15) is 23.6 Å². The second-order valence-electron chi connectivity index (χ2n) is 8.36. The van der Waals surface area contributed by atoms with Crippen LogP contribution in [0.1, 0.15) is 43.1 Å². The Kier molecular flexibility index (Phi) is 5.94. The third kappa shape index (κ3) is 4.09. The summed E-state index contributed by atoms with van der Waals surface area (Å²) in [6.07, 6.45) is 4.46. The van der Waals surface area contributed by atoms with Crippen LogP contribution in [0.15, 0.2) is 54.3 Å². The van der Waals surface area contributed by atoms with E-state index in [1.54, 1.807) is 4.90 Å². The topological polar surface area (TPSA) is 62.7 Å². The van der Waals surface area contributed by atoms with Crippen LogP contribution in [0.3, 0.4) is 0 Å². The Hall–Kier alpha value is -2.94. The number of hydrogen-bond acceptors (Lipinski definition) is 4. The molecule has 3 aliphatic rings. The molecule has 6 nitrogen and oxygen atoms in total. The molecule has 9 heteroatoms. The molecular weight excluding hydrogens is 423 g/mol. The number of rotatable bonds is 4. The zero-order chi connectivity index (χ0) is 23.0. The van der Waals surface area contributed by atoms with Crippen LogP contribution in [0.4, 0.5) is 13.2 Å². The molecule has 0 bridgehead atoms. The number of halogens is 3. The highest BCUT2D eigenvalue weighted by Gasteiger charge is 2.58. The number of aromatic nitrogens is 1. The van der Waals surface area contributed by atoms with Gasteiger partial charge in [0.25, 0.3) is 11.8 Å². The van der Waals surface area contributed by atoms with Crippen molar-refractivity contribution in [2.45, 2.75) is 50.5 Å². The molecule has 3 aliphatic heterocycles. The number of ether oxygens (including phenoxy) is 1. The maximum atomic E-state index is 13.9. The zero-order valence-corrected chi connectivity index (χ0v) is 17.7. The van der Waals surface area contributed by atoms with E-state index in [0.29, 0.717) is 31.3 Å². The number of carbonyl (C=O) groups is 2. The van der Waals surface area contributed by atoms with E-state index in [1.807, 2.05) is 0 Å². The minimum atomic E-state index is -1.05. The Morgan fingerprint density at radius 3 is 2.66 bits per heavy atom. The number of amides is 2. The van der Waals surface area contributed by atoms with Crippen molar-refractivity contribution in [1.82, 2.24) is 14.8 Å². The lowest BCUT2D eigenvalue weighted by Crippen LogP contribution is -2.52. The number of carbonyl (C=O) groups excluding carboxylic acids is 2. The van der Waals surface area contributed by atoms with Crippen molar-refractivity contribution >= 4 is 11.8 Å². The third-order valence-corrected chi connectivity index (χ3v) is 6.21. The first-order chi connectivity index (χ1) is 15.2. The molecule has 0 radical (unpaired) electrons. The standard InChI is InChI=1S/C23H24F3N3O3/c1-14(11-17(26)12-15(2)24)19-3-4-20-29(19)22(31)23(32-20)6-9-28(10-7-23)21(30)18-13-16(25)5-8-27-18/h5,8,11-13,19-20H,1,3-4,6-7,9-10H2,2H3/b15-12+,17-11+/t19-,20+/m0/s1. The summed E-state index contributed by atoms with van der Waals surface area (Å²) >= 11 is 0. The Morgan fingerprint density at radius 1 is 1.28 bits per heavy atom. The summed E-state index contributed by atoms with van der Waals surface area (Å²) in [5.74, 6) is -2.56. The predicted molar refractivity (Wildman–Crippen MR) is 110 cm³/mol. The fourth-order valence-electron chi connectivity index (χ4n) is 4.67. The van der Waals surface area contributed by atoms with E-state index in [4.69, 9.17) is 4.74 Å². The lowest BCUT2D eigenvalue weighted by Gasteiger charge is -2.37. The number of nitrogens with zero attached hydrogens (tertiary/aromatic N) is 3. The van der Waals surface area contributed by atoms with Gasteiger partial charge in [-0.2, -0.15) is 0 Å². The molecular formula is C23H24F3N3O3. The second-order valence-corrected chi connectivity index (χ2v) is 8.36. The maximum Gasteiger partial charge on any atom is 0.272 e. The normalized spacial score (nSPS) is 25.4. The smallest absolute Gasteiger partial charge is 0.272 e. The first-order valence-electron chi connectivity index (χ1n) is 10.5. The molecule has 1 aromatic rings. The van der Waals surface area contributed by atoms with Crippen molar-refractivity contribution < 1.29 is 27.5 Å². The van der Waals surface area contributed by atoms with Crippen LogP contribution in [-0.4, -0.2) is 57.6 Å². The molecule has 0 unspecified atom stereocenters. The second kappa shape index (κ2) is 8.54. The first-order valence-corrected chi connectivity index (χ1v) is 10.5. The number of piperidine rings is 1. The zero-order valence-electron chi connectivity index (χ0n) is 17.7. The van der Waals surface area contributed by atoms with Crippen molar-refractivity contribution in [1.29, 1.82) is 0 Å². The summed E-state index contributed by atoms with van der Waals surface area (Å²) < 4.78 is 46.4. The van der Waals surface area contributed by atoms with Gasteiger partial charge in [-0.3, -0.25) is 14.6 Å². The third-order valence-electron chi connectivity index (χ3n) is 6.21. The Bertz CT molecular complexity index is 1010. The molecule has 3 fully saturated rings. The van der Waals surface area contributed by atoms with E-state index < -0.39 is 41.2 Å². The SMILES string of the molecule is C=C(/C=C(F)\C=C(/C)F)[C@@H]1CC[C@H]2OC3(CCN(C(=O)c4cc(F)ccn4)CC3)C(=O)N21. The Morgan fingerprint density at radius 2 is 2.00 bits per heavy atom. The largest absolute Gasteiger partial charge is 0.342 e. The lowest BCUT2D eigenvalue weighted by atomic mass is 9.89. The maximum absolute atomic E-state index is 13.9. The van der Waals surface area contributed by atoms with E-state index in [2.05, 4.69) is 11.6 Å². The Labute approximate surface area is 184 Å². The number of pyridine rings is 1. The molecule has 4 heterocycles. The number of likely N-dealkylation sites (tertiary alicyclic amines) is 1. The van der Waals surface area contributed by atoms with Gasteiger partial charge in [0.05, 0.1) is 11.9 Å². The van der Waals surface area contributed by atoms with Crippen molar-refractivity contribution in [2.24, 2.45) is 0 Å². The fraction of sp³-hybridized carbons (Fsp3) is 0.435. The monoisotopic (exact) mass is 447 g/mol. The summed E-state index contributed by atoms with van der Waals surface area (Å²) in [4.78, 5) is 33.0. The van der Waals surface area contributed by atoms with Gasteiger partial charge in [0, 0.05) is 44.3 Å². The number of fused-ring (bicyclic) bond motifs is 1. The van der Waals surface area contributed by atoms with Crippen LogP contribution in [0.2, 0.25) is 0 Å². The van der Waals surface area contributed by atoms with Crippen molar-refractivity contribution in [3.05, 3.63) is 65.8 Å². The molecule has 0 N–H and O–H groups in total. The van der Waals surface area contributed by atoms with Crippen LogP contribution in [0, 0.1) is 5.82 Å². The molecule has 0 aromatic carbocycles. The summed E-state index contributed by atoms with van der Waals surface area (Å²) in [6.45, 7) is 5.56. The first kappa shape index (κ1) is 22.3. The van der Waals surface area contributed by atoms with E-state index in [1.165, 1.54) is 17.2 Å². The van der Waals surface area contributed by atoms with Gasteiger partial charge in [0.2, 0.25) is 0 Å². The minimum Gasteiger partial charge on any atom is -0.342 e. The average molecular weight is 447 g/mol. The van der Waals surface area contributed by atoms with Gasteiger partial charge >= 0.3 is 0 Å². The molecule has 1 spiro atoms. The van der Waals surface area contributed by atoms with Gasteiger partial charge in [-0.05, 0) is 37.5 Å². The van der Waals surface area contributed by atoms with Crippen LogP contribution in [-0.2, 0) is 9.53 Å². The molecule has 0 aliphatic carbocycles. The minimum absolute atomic E-state index is 0.0166. The fourth-order valence-corrected chi connectivity index (χ4v) is 4.67. The summed E-state index contributed by atoms with van der Waals surface area (Å²) in [5.41, 5.74) is -0.655. The van der Waals surface area contributed by atoms with E-state index in [9.17, 15) is 22.8 Å². The van der Waals surface area contributed by atoms with Crippen LogP contribution in [0.5, 0.6) is 0 Å². The van der Waals surface area contributed by atoms with Gasteiger partial charge in [-0.1, -0.05) is 6.58 Å². The van der Waals surface area contributed by atoms with Gasteiger partial charge in [0.15, 0.2) is 5.60 Å². The van der Waals surface area contributed by atoms with Crippen LogP contribution >= 0.6 is 0 Å². The highest BCUT2D eigenvalue weighted by molar-refractivity contribution is 5.93. The lowest BCUT2D eigenvalue weighted by molar-refractivity contribution is -0.142. The number of hydrogen-bond donors (Lipinski definition) is 0. The van der Waals surface area contributed by atoms with Crippen molar-refractivity contribution in [3.8, 4) is 0 Å². The molecule has 0 saturated carbocycles. The van der Waals surface area contributed by atoms with E-state index >= 15 is 0 Å². The van der Waals surface area contributed by atoms with Gasteiger partial charge < -0.3 is 14.5 Å². The highest BCUT2D eigenvalue weighted by atomic mass is 19.1. The molecule has 170 valence electrons. The van der Waals surface area contributed by atoms with Crippen LogP contribution in [0.25, 0.3) is 0 Å². The quantitative estimate of drug-likeness (QED) is 0.659. The van der Waals surface area contributed by atoms with Crippen LogP contribution < -0.4 is 0 Å². The molecule has 2 atom stereocenters. The van der Waals surface area contributed by atoms with Crippen molar-refractivity contribution in [2.75, 3.05) is 13.1 Å². The van der Waals surface area contributed by atoms with Crippen molar-refractivity contribution in [3.63, 3.8) is 0 Å². The van der Waals surface area contributed by atoms with Gasteiger partial charge in [-0.15, -0.1) is 0 Å². The highest BCUT2D eigenvalue weighted by Crippen LogP contribution is 2.44. The molecule has 32 heavy (non-hydrogen) atoms. The molecule has 4 rings (SSSR count). The Balaban J connectivity index is 1.44. The number of allylic oxidation sites excluding steroid dienone is 3. The predicted octanol–water partition coefficient (Wildman–Crippen LogP) is 3.83. The summed E-state index contributed by atoms with van der Waals surface area (Å²) in [5, 5.41) is 0. The molecule has 2 amide bonds. The van der Waals surface area contributed by atoms with E-state index in [-0.39, 0.29) is 24.7 Å². The molecule has 3 saturated heterocycles. The van der Waals surface area contributed by atoms with E-state index in [0.717, 1.165) is 25.1 Å². The average Bonchev–Trinajstić information content (AvgIpc) is 3.26. The van der Waals surface area contributed by atoms with Gasteiger partial charge in [-0.25, -0.2) is 13.2 Å². The molecule has 1 aromatic heterocycles.